The summed E-state index contributed by atoms with van der Waals surface area (Å²) >= 11 is 0. The monoisotopic (exact) mass is 525 g/mol. The standard InChI is InChI=1S/C13H19N.C10H12.C6H12O.C3H8.2C2H6/c1-12-6-5-9-14(10-12)11-13-7-3-2-4-8-13;1-2-3-7-10-8-5-4-6-9-10;1-6-4-2-3-5-7-6;1-3-2;2*1-2/h2-4,7-8,12H,5-6,9-11H2,1H3;2-6,8-9H,7H2,1H3;6H,2-5H2,1H3;3H2,1-2H3;2*1-2H3/b;3-2+;;;;. The van der Waals surface area contributed by atoms with E-state index < -0.39 is 0 Å². The van der Waals surface area contributed by atoms with Crippen LogP contribution in [0.15, 0.2) is 72.8 Å². The average Bonchev–Trinajstić information content (AvgIpc) is 2.97. The normalized spacial score (nSPS) is 18.3. The molecular weight excluding hydrogens is 462 g/mol. The van der Waals surface area contributed by atoms with E-state index in [1.807, 2.05) is 40.7 Å². The number of nitrogens with zero attached hydrogens (tertiary/aromatic N) is 1. The molecule has 2 nitrogen and oxygen atoms in total. The lowest BCUT2D eigenvalue weighted by atomic mass is 10.00. The highest BCUT2D eigenvalue weighted by Crippen LogP contribution is 2.17. The summed E-state index contributed by atoms with van der Waals surface area (Å²) in [5, 5.41) is 0. The fourth-order valence-electron chi connectivity index (χ4n) is 4.04. The van der Waals surface area contributed by atoms with Gasteiger partial charge >= 0.3 is 0 Å². The summed E-state index contributed by atoms with van der Waals surface area (Å²) in [6, 6.07) is 21.2. The summed E-state index contributed by atoms with van der Waals surface area (Å²) < 4.78 is 5.28. The molecule has 4 rings (SSSR count). The van der Waals surface area contributed by atoms with E-state index in [-0.39, 0.29) is 0 Å². The molecule has 2 fully saturated rings. The molecule has 0 spiro atoms. The van der Waals surface area contributed by atoms with Crippen LogP contribution in [-0.4, -0.2) is 30.7 Å². The number of ether oxygens (including phenoxy) is 1. The Labute approximate surface area is 238 Å². The Balaban J connectivity index is 0. The largest absolute Gasteiger partial charge is 0.379 e. The lowest BCUT2D eigenvalue weighted by Crippen LogP contribution is -2.33. The molecule has 38 heavy (non-hydrogen) atoms. The molecule has 2 heterocycles. The van der Waals surface area contributed by atoms with Gasteiger partial charge in [0.05, 0.1) is 6.10 Å². The second kappa shape index (κ2) is 29.7. The Morgan fingerprint density at radius 1 is 0.789 bits per heavy atom. The third-order valence-electron chi connectivity index (χ3n) is 5.83. The van der Waals surface area contributed by atoms with Crippen LogP contribution in [0.1, 0.15) is 112 Å². The molecule has 218 valence electrons. The molecule has 2 saturated heterocycles. The van der Waals surface area contributed by atoms with Gasteiger partial charge in [0.1, 0.15) is 0 Å². The van der Waals surface area contributed by atoms with Crippen LogP contribution in [0.5, 0.6) is 0 Å². The molecule has 2 unspecified atom stereocenters. The quantitative estimate of drug-likeness (QED) is 0.368. The molecule has 0 amide bonds. The van der Waals surface area contributed by atoms with Gasteiger partial charge in [-0.25, -0.2) is 0 Å². The van der Waals surface area contributed by atoms with Gasteiger partial charge in [-0.1, -0.05) is 128 Å². The van der Waals surface area contributed by atoms with Gasteiger partial charge in [0.25, 0.3) is 0 Å². The van der Waals surface area contributed by atoms with E-state index >= 15 is 0 Å². The molecule has 0 aliphatic carbocycles. The summed E-state index contributed by atoms with van der Waals surface area (Å²) in [6.07, 6.45) is 13.7. The Morgan fingerprint density at radius 3 is 1.76 bits per heavy atom. The smallest absolute Gasteiger partial charge is 0.0547 e. The van der Waals surface area contributed by atoms with Crippen LogP contribution in [0, 0.1) is 5.92 Å². The summed E-state index contributed by atoms with van der Waals surface area (Å²) in [5.41, 5.74) is 2.82. The van der Waals surface area contributed by atoms with Crippen molar-refractivity contribution in [3.63, 3.8) is 0 Å². The Bertz CT molecular complexity index is 707. The lowest BCUT2D eigenvalue weighted by Gasteiger charge is -2.30. The lowest BCUT2D eigenvalue weighted by molar-refractivity contribution is 0.0285. The van der Waals surface area contributed by atoms with Crippen molar-refractivity contribution in [2.75, 3.05) is 19.7 Å². The van der Waals surface area contributed by atoms with Crippen LogP contribution in [0.2, 0.25) is 0 Å². The zero-order valence-electron chi connectivity index (χ0n) is 26.7. The maximum Gasteiger partial charge on any atom is 0.0547 e. The third-order valence-corrected chi connectivity index (χ3v) is 5.83. The molecule has 0 radical (unpaired) electrons. The van der Waals surface area contributed by atoms with Crippen molar-refractivity contribution >= 4 is 0 Å². The predicted molar refractivity (Wildman–Crippen MR) is 173 cm³/mol. The second-order valence-electron chi connectivity index (χ2n) is 9.61. The topological polar surface area (TPSA) is 12.5 Å². The van der Waals surface area contributed by atoms with E-state index in [0.29, 0.717) is 6.10 Å². The van der Waals surface area contributed by atoms with Crippen LogP contribution in [0.25, 0.3) is 0 Å². The van der Waals surface area contributed by atoms with Gasteiger partial charge in [-0.05, 0) is 76.0 Å². The van der Waals surface area contributed by atoms with Crippen molar-refractivity contribution in [1.29, 1.82) is 0 Å². The molecule has 0 bridgehead atoms. The number of piperidine rings is 1. The van der Waals surface area contributed by atoms with E-state index in [4.69, 9.17) is 4.74 Å². The van der Waals surface area contributed by atoms with Gasteiger partial charge in [-0.2, -0.15) is 0 Å². The van der Waals surface area contributed by atoms with Gasteiger partial charge in [0, 0.05) is 19.7 Å². The zero-order chi connectivity index (χ0) is 28.9. The maximum absolute atomic E-state index is 5.28. The molecule has 2 atom stereocenters. The van der Waals surface area contributed by atoms with Crippen molar-refractivity contribution in [3.05, 3.63) is 83.9 Å². The highest BCUT2D eigenvalue weighted by molar-refractivity contribution is 5.17. The molecule has 0 aromatic heterocycles. The van der Waals surface area contributed by atoms with Crippen molar-refractivity contribution < 1.29 is 4.74 Å². The van der Waals surface area contributed by atoms with Crippen molar-refractivity contribution in [3.8, 4) is 0 Å². The van der Waals surface area contributed by atoms with Crippen molar-refractivity contribution in [2.45, 2.75) is 120 Å². The Hall–Kier alpha value is -1.90. The van der Waals surface area contributed by atoms with Crippen LogP contribution in [0.3, 0.4) is 0 Å². The van der Waals surface area contributed by atoms with Crippen LogP contribution >= 0.6 is 0 Å². The molecule has 2 aromatic carbocycles. The van der Waals surface area contributed by atoms with E-state index in [2.05, 4.69) is 99.3 Å². The third kappa shape index (κ3) is 23.2. The van der Waals surface area contributed by atoms with Gasteiger partial charge in [0.15, 0.2) is 0 Å². The zero-order valence-corrected chi connectivity index (χ0v) is 26.7. The van der Waals surface area contributed by atoms with Crippen LogP contribution in [0.4, 0.5) is 0 Å². The Morgan fingerprint density at radius 2 is 1.34 bits per heavy atom. The van der Waals surface area contributed by atoms with E-state index in [1.54, 1.807) is 0 Å². The van der Waals surface area contributed by atoms with Gasteiger partial charge in [-0.15, -0.1) is 0 Å². The first kappa shape index (κ1) is 38.2. The van der Waals surface area contributed by atoms with Gasteiger partial charge in [0.2, 0.25) is 0 Å². The first-order chi connectivity index (χ1) is 18.6. The average molecular weight is 526 g/mol. The van der Waals surface area contributed by atoms with Crippen molar-refractivity contribution in [1.82, 2.24) is 4.90 Å². The number of rotatable bonds is 4. The summed E-state index contributed by atoms with van der Waals surface area (Å²) in [4.78, 5) is 2.57. The first-order valence-electron chi connectivity index (χ1n) is 15.6. The summed E-state index contributed by atoms with van der Waals surface area (Å²) in [7, 11) is 0. The number of hydrogen-bond acceptors (Lipinski definition) is 2. The van der Waals surface area contributed by atoms with E-state index in [0.717, 1.165) is 25.5 Å². The fraction of sp³-hybridized carbons (Fsp3) is 0.611. The van der Waals surface area contributed by atoms with Crippen LogP contribution in [-0.2, 0) is 17.7 Å². The summed E-state index contributed by atoms with van der Waals surface area (Å²) in [5.74, 6) is 0.882. The fourth-order valence-corrected chi connectivity index (χ4v) is 4.04. The number of allylic oxidation sites excluding steroid dienone is 2. The number of likely N-dealkylation sites (tertiary alicyclic amines) is 1. The predicted octanol–water partition coefficient (Wildman–Crippen LogP) is 10.8. The van der Waals surface area contributed by atoms with E-state index in [1.165, 1.54) is 62.7 Å². The minimum atomic E-state index is 0.536. The molecule has 0 N–H and O–H groups in total. The molecule has 2 aliphatic heterocycles. The molecule has 2 aromatic rings. The number of hydrogen-bond donors (Lipinski definition) is 0. The highest BCUT2D eigenvalue weighted by Gasteiger charge is 2.15. The van der Waals surface area contributed by atoms with E-state index in [9.17, 15) is 0 Å². The number of benzene rings is 2. The molecule has 2 heteroatoms. The maximum atomic E-state index is 5.28. The highest BCUT2D eigenvalue weighted by atomic mass is 16.5. The van der Waals surface area contributed by atoms with Gasteiger partial charge < -0.3 is 4.74 Å². The second-order valence-corrected chi connectivity index (χ2v) is 9.61. The summed E-state index contributed by atoms with van der Waals surface area (Å²) in [6.45, 7) is 23.5. The van der Waals surface area contributed by atoms with Gasteiger partial charge in [-0.3, -0.25) is 4.90 Å². The van der Waals surface area contributed by atoms with Crippen LogP contribution < -0.4 is 0 Å². The SMILES string of the molecule is C/C=C/Cc1ccccc1.CC.CC.CC1CCCCO1.CC1CCCN(Cc2ccccc2)C1.CCC. The first-order valence-corrected chi connectivity index (χ1v) is 15.6. The Kier molecular flexibility index (Phi) is 29.8. The minimum absolute atomic E-state index is 0.536. The molecule has 0 saturated carbocycles. The minimum Gasteiger partial charge on any atom is -0.379 e. The molecular formula is C36H63NO. The van der Waals surface area contributed by atoms with Crippen molar-refractivity contribution in [2.24, 2.45) is 5.92 Å². The molecule has 2 aliphatic rings.